The van der Waals surface area contributed by atoms with Crippen molar-refractivity contribution in [2.45, 2.75) is 31.8 Å². The summed E-state index contributed by atoms with van der Waals surface area (Å²) >= 11 is 1.46. The molecule has 1 saturated heterocycles. The number of rotatable bonds is 3. The lowest BCUT2D eigenvalue weighted by Gasteiger charge is -2.23. The molecular weight excluding hydrogens is 294 g/mol. The fourth-order valence-corrected chi connectivity index (χ4v) is 4.30. The lowest BCUT2D eigenvalue weighted by molar-refractivity contribution is 0.0928. The number of fused-ring (bicyclic) bond motifs is 2. The molecule has 2 heterocycles. The van der Waals surface area contributed by atoms with Gasteiger partial charge in [-0.25, -0.2) is 4.98 Å². The van der Waals surface area contributed by atoms with Gasteiger partial charge in [-0.05, 0) is 37.8 Å². The van der Waals surface area contributed by atoms with Gasteiger partial charge in [0.05, 0.1) is 4.88 Å². The fraction of sp³-hybridized carbons (Fsp3) is 0.412. The van der Waals surface area contributed by atoms with Gasteiger partial charge in [0.2, 0.25) is 0 Å². The van der Waals surface area contributed by atoms with Crippen molar-refractivity contribution in [2.24, 2.45) is 5.92 Å². The average Bonchev–Trinajstić information content (AvgIpc) is 3.24. The number of amides is 1. The van der Waals surface area contributed by atoms with E-state index < -0.39 is 0 Å². The minimum atomic E-state index is -0.0392. The molecule has 1 aromatic heterocycles. The summed E-state index contributed by atoms with van der Waals surface area (Å²) in [5, 5.41) is 7.17. The third-order valence-electron chi connectivity index (χ3n) is 4.68. The Morgan fingerprint density at radius 1 is 1.32 bits per heavy atom. The minimum absolute atomic E-state index is 0.0392. The van der Waals surface area contributed by atoms with E-state index in [9.17, 15) is 4.79 Å². The Morgan fingerprint density at radius 3 is 2.82 bits per heavy atom. The van der Waals surface area contributed by atoms with Crippen LogP contribution in [0.5, 0.6) is 0 Å². The second kappa shape index (κ2) is 5.48. The molecule has 0 radical (unpaired) electrons. The van der Waals surface area contributed by atoms with E-state index in [1.54, 1.807) is 6.20 Å². The first-order valence-electron chi connectivity index (χ1n) is 7.76. The molecular formula is C17H19N3OS. The summed E-state index contributed by atoms with van der Waals surface area (Å²) in [6, 6.07) is 9.02. The van der Waals surface area contributed by atoms with Gasteiger partial charge >= 0.3 is 0 Å². The van der Waals surface area contributed by atoms with Crippen LogP contribution in [0.25, 0.3) is 10.4 Å². The van der Waals surface area contributed by atoms with Crippen molar-refractivity contribution >= 4 is 17.2 Å². The Labute approximate surface area is 134 Å². The number of hydrogen-bond acceptors (Lipinski definition) is 4. The Bertz CT molecular complexity index is 694. The molecule has 1 amide bonds. The summed E-state index contributed by atoms with van der Waals surface area (Å²) in [6.45, 7) is 3.17. The van der Waals surface area contributed by atoms with Crippen molar-refractivity contribution in [3.63, 3.8) is 0 Å². The van der Waals surface area contributed by atoms with Gasteiger partial charge in [-0.15, -0.1) is 11.3 Å². The number of carbonyl (C=O) groups is 1. The van der Waals surface area contributed by atoms with Crippen molar-refractivity contribution < 1.29 is 4.79 Å². The molecule has 3 atom stereocenters. The number of aromatic nitrogens is 1. The highest BCUT2D eigenvalue weighted by Gasteiger charge is 2.40. The van der Waals surface area contributed by atoms with Gasteiger partial charge in [0, 0.05) is 18.3 Å². The van der Waals surface area contributed by atoms with Gasteiger partial charge in [-0.2, -0.15) is 0 Å². The van der Waals surface area contributed by atoms with Crippen LogP contribution in [0.15, 0.2) is 30.5 Å². The summed E-state index contributed by atoms with van der Waals surface area (Å²) in [5.74, 6) is 0.692. The van der Waals surface area contributed by atoms with E-state index in [4.69, 9.17) is 0 Å². The molecule has 4 rings (SSSR count). The largest absolute Gasteiger partial charge is 0.346 e. The molecule has 114 valence electrons. The van der Waals surface area contributed by atoms with E-state index in [-0.39, 0.29) is 11.9 Å². The number of nitrogens with one attached hydrogen (secondary N) is 2. The van der Waals surface area contributed by atoms with Crippen LogP contribution in [0.4, 0.5) is 0 Å². The Kier molecular flexibility index (Phi) is 3.47. The van der Waals surface area contributed by atoms with Gasteiger partial charge in [-0.3, -0.25) is 4.79 Å². The third kappa shape index (κ3) is 2.55. The number of carbonyl (C=O) groups excluding carboxylic acids is 1. The molecule has 2 aliphatic rings. The van der Waals surface area contributed by atoms with Crippen molar-refractivity contribution in [1.29, 1.82) is 0 Å². The molecule has 2 fully saturated rings. The van der Waals surface area contributed by atoms with Crippen LogP contribution in [-0.4, -0.2) is 29.5 Å². The topological polar surface area (TPSA) is 54.0 Å². The van der Waals surface area contributed by atoms with Gasteiger partial charge < -0.3 is 10.6 Å². The number of benzene rings is 1. The highest BCUT2D eigenvalue weighted by atomic mass is 32.1. The Morgan fingerprint density at radius 2 is 2.14 bits per heavy atom. The number of piperidine rings is 1. The smallest absolute Gasteiger partial charge is 0.280 e. The lowest BCUT2D eigenvalue weighted by atomic mass is 10.1. The maximum atomic E-state index is 12.4. The van der Waals surface area contributed by atoms with Crippen LogP contribution in [0, 0.1) is 12.8 Å². The van der Waals surface area contributed by atoms with E-state index in [1.165, 1.54) is 23.3 Å². The molecule has 2 bridgehead atoms. The van der Waals surface area contributed by atoms with Crippen molar-refractivity contribution in [1.82, 2.24) is 15.6 Å². The van der Waals surface area contributed by atoms with E-state index in [0.29, 0.717) is 11.0 Å². The first-order chi connectivity index (χ1) is 10.7. The summed E-state index contributed by atoms with van der Waals surface area (Å²) in [6.07, 6.45) is 4.08. The van der Waals surface area contributed by atoms with E-state index in [2.05, 4.69) is 46.8 Å². The molecule has 4 nitrogen and oxygen atoms in total. The second-order valence-electron chi connectivity index (χ2n) is 6.33. The quantitative estimate of drug-likeness (QED) is 0.916. The van der Waals surface area contributed by atoms with Gasteiger partial charge in [0.15, 0.2) is 5.01 Å². The molecule has 3 unspecified atom stereocenters. The molecule has 1 aliphatic heterocycles. The zero-order chi connectivity index (χ0) is 15.1. The normalized spacial score (nSPS) is 26.3. The number of thiazole rings is 1. The molecule has 5 heteroatoms. The first kappa shape index (κ1) is 13.9. The van der Waals surface area contributed by atoms with Crippen LogP contribution in [0.1, 0.15) is 28.2 Å². The average molecular weight is 313 g/mol. The zero-order valence-corrected chi connectivity index (χ0v) is 13.3. The molecule has 2 N–H and O–H groups in total. The molecule has 1 aromatic carbocycles. The summed E-state index contributed by atoms with van der Waals surface area (Å²) in [4.78, 5) is 17.7. The molecule has 2 aromatic rings. The van der Waals surface area contributed by atoms with Crippen LogP contribution < -0.4 is 10.6 Å². The minimum Gasteiger partial charge on any atom is -0.346 e. The molecule has 22 heavy (non-hydrogen) atoms. The summed E-state index contributed by atoms with van der Waals surface area (Å²) < 4.78 is 0. The molecule has 1 aliphatic carbocycles. The van der Waals surface area contributed by atoms with Gasteiger partial charge in [0.25, 0.3) is 5.91 Å². The number of nitrogens with zero attached hydrogens (tertiary/aromatic N) is 1. The first-order valence-corrected chi connectivity index (χ1v) is 8.58. The predicted octanol–water partition coefficient (Wildman–Crippen LogP) is 2.60. The van der Waals surface area contributed by atoms with E-state index >= 15 is 0 Å². The SMILES string of the molecule is Cc1ccc(-c2cnc(C(=O)NC3CC4CNC3C4)s2)cc1. The van der Waals surface area contributed by atoms with Gasteiger partial charge in [-0.1, -0.05) is 29.8 Å². The fourth-order valence-electron chi connectivity index (χ4n) is 3.47. The van der Waals surface area contributed by atoms with E-state index in [1.807, 2.05) is 0 Å². The molecule has 1 saturated carbocycles. The zero-order valence-electron chi connectivity index (χ0n) is 12.5. The standard InChI is InChI=1S/C17H19N3OS/c1-10-2-4-12(5-3-10)15-9-19-17(22-15)16(21)20-14-7-11-6-13(14)18-8-11/h2-5,9,11,13-14,18H,6-8H2,1H3,(H,20,21). The highest BCUT2D eigenvalue weighted by molar-refractivity contribution is 7.16. The van der Waals surface area contributed by atoms with Crippen molar-refractivity contribution in [3.05, 3.63) is 41.0 Å². The Hall–Kier alpha value is -1.72. The van der Waals surface area contributed by atoms with Crippen molar-refractivity contribution in [3.8, 4) is 10.4 Å². The number of hydrogen-bond donors (Lipinski definition) is 2. The van der Waals surface area contributed by atoms with Gasteiger partial charge in [0.1, 0.15) is 0 Å². The second-order valence-corrected chi connectivity index (χ2v) is 7.36. The summed E-state index contributed by atoms with van der Waals surface area (Å²) in [7, 11) is 0. The molecule has 0 spiro atoms. The van der Waals surface area contributed by atoms with Crippen LogP contribution >= 0.6 is 11.3 Å². The van der Waals surface area contributed by atoms with Crippen LogP contribution in [0.3, 0.4) is 0 Å². The maximum Gasteiger partial charge on any atom is 0.280 e. The monoisotopic (exact) mass is 313 g/mol. The lowest BCUT2D eigenvalue weighted by Crippen LogP contribution is -2.47. The van der Waals surface area contributed by atoms with Crippen LogP contribution in [0.2, 0.25) is 0 Å². The Balaban J connectivity index is 1.46. The van der Waals surface area contributed by atoms with Crippen molar-refractivity contribution in [2.75, 3.05) is 6.54 Å². The third-order valence-corrected chi connectivity index (χ3v) is 5.73. The predicted molar refractivity (Wildman–Crippen MR) is 88.1 cm³/mol. The maximum absolute atomic E-state index is 12.4. The summed E-state index contributed by atoms with van der Waals surface area (Å²) in [5.41, 5.74) is 2.35. The van der Waals surface area contributed by atoms with E-state index in [0.717, 1.165) is 29.3 Å². The number of aryl methyl sites for hydroxylation is 1. The van der Waals surface area contributed by atoms with Crippen LogP contribution in [-0.2, 0) is 0 Å². The highest BCUT2D eigenvalue weighted by Crippen LogP contribution is 2.32.